The van der Waals surface area contributed by atoms with E-state index in [0.717, 1.165) is 9.35 Å². The molecule has 0 aliphatic rings. The first-order valence-electron chi connectivity index (χ1n) is 3.32. The van der Waals surface area contributed by atoms with E-state index in [9.17, 15) is 4.39 Å². The Bertz CT molecular complexity index is 226. The van der Waals surface area contributed by atoms with Crippen LogP contribution in [0.4, 0.5) is 4.39 Å². The highest BCUT2D eigenvalue weighted by Gasteiger charge is 2.09. The monoisotopic (exact) mass is 237 g/mol. The second-order valence-corrected chi connectivity index (χ2v) is 4.52. The second-order valence-electron chi connectivity index (χ2n) is 2.23. The Morgan fingerprint density at radius 1 is 1.73 bits per heavy atom. The first kappa shape index (κ1) is 9.16. The summed E-state index contributed by atoms with van der Waals surface area (Å²) < 4.78 is 14.0. The Labute approximate surface area is 77.5 Å². The van der Waals surface area contributed by atoms with E-state index in [2.05, 4.69) is 15.9 Å². The van der Waals surface area contributed by atoms with E-state index in [1.165, 1.54) is 11.3 Å². The number of nitrogens with two attached hydrogens (primary N) is 1. The van der Waals surface area contributed by atoms with Gasteiger partial charge in [-0.25, -0.2) is 4.39 Å². The third-order valence-corrected chi connectivity index (χ3v) is 2.89. The number of alkyl halides is 1. The zero-order valence-electron chi connectivity index (χ0n) is 5.89. The van der Waals surface area contributed by atoms with Gasteiger partial charge in [0.2, 0.25) is 0 Å². The van der Waals surface area contributed by atoms with Gasteiger partial charge in [0.15, 0.2) is 0 Å². The molecule has 62 valence electrons. The predicted octanol–water partition coefficient (Wildman–Crippen LogP) is 2.87. The summed E-state index contributed by atoms with van der Waals surface area (Å²) in [6.45, 7) is 0.397. The molecule has 0 aliphatic heterocycles. The lowest BCUT2D eigenvalue weighted by atomic mass is 10.1. The first-order chi connectivity index (χ1) is 5.24. The van der Waals surface area contributed by atoms with E-state index in [4.69, 9.17) is 5.73 Å². The molecule has 0 fully saturated rings. The van der Waals surface area contributed by atoms with Crippen LogP contribution in [0.5, 0.6) is 0 Å². The highest BCUT2D eigenvalue weighted by atomic mass is 79.9. The zero-order chi connectivity index (χ0) is 8.27. The van der Waals surface area contributed by atoms with Crippen molar-refractivity contribution in [3.8, 4) is 0 Å². The molecule has 1 heterocycles. The predicted molar refractivity (Wildman–Crippen MR) is 49.5 cm³/mol. The van der Waals surface area contributed by atoms with Crippen LogP contribution in [0, 0.1) is 0 Å². The summed E-state index contributed by atoms with van der Waals surface area (Å²) in [7, 11) is 0. The van der Waals surface area contributed by atoms with Crippen molar-refractivity contribution in [3.05, 3.63) is 20.8 Å². The molecule has 1 atom stereocenters. The second kappa shape index (κ2) is 4.18. The number of rotatable bonds is 3. The van der Waals surface area contributed by atoms with Crippen molar-refractivity contribution >= 4 is 27.3 Å². The molecule has 0 amide bonds. The topological polar surface area (TPSA) is 26.0 Å². The molecule has 1 aromatic heterocycles. The minimum atomic E-state index is -0.900. The van der Waals surface area contributed by atoms with Gasteiger partial charge in [-0.3, -0.25) is 0 Å². The Kier molecular flexibility index (Phi) is 3.48. The van der Waals surface area contributed by atoms with Crippen LogP contribution in [0.15, 0.2) is 15.2 Å². The van der Waals surface area contributed by atoms with Crippen molar-refractivity contribution in [3.63, 3.8) is 0 Å². The molecule has 2 N–H and O–H groups in total. The maximum absolute atomic E-state index is 13.1. The maximum Gasteiger partial charge on any atom is 0.127 e. The van der Waals surface area contributed by atoms with Crippen LogP contribution in [-0.2, 0) is 0 Å². The van der Waals surface area contributed by atoms with Crippen molar-refractivity contribution in [2.75, 3.05) is 6.54 Å². The lowest BCUT2D eigenvalue weighted by Gasteiger charge is -2.01. The molecule has 4 heteroatoms. The summed E-state index contributed by atoms with van der Waals surface area (Å²) in [5, 5.41) is 1.81. The molecule has 1 unspecified atom stereocenters. The molecule has 0 bridgehead atoms. The molecule has 0 aliphatic carbocycles. The average molecular weight is 238 g/mol. The van der Waals surface area contributed by atoms with Gasteiger partial charge >= 0.3 is 0 Å². The third-order valence-electron chi connectivity index (χ3n) is 1.37. The van der Waals surface area contributed by atoms with Crippen LogP contribution in [0.2, 0.25) is 0 Å². The van der Waals surface area contributed by atoms with Crippen LogP contribution in [0.3, 0.4) is 0 Å². The molecule has 1 rings (SSSR count). The SMILES string of the molecule is NCCC(F)c1csc(Br)c1. The summed E-state index contributed by atoms with van der Waals surface area (Å²) in [6.07, 6.45) is -0.494. The van der Waals surface area contributed by atoms with E-state index < -0.39 is 6.17 Å². The van der Waals surface area contributed by atoms with Crippen molar-refractivity contribution in [1.29, 1.82) is 0 Å². The van der Waals surface area contributed by atoms with Gasteiger partial charge in [0.05, 0.1) is 3.79 Å². The average Bonchev–Trinajstić information content (AvgIpc) is 2.36. The summed E-state index contributed by atoms with van der Waals surface area (Å²) in [5.41, 5.74) is 5.95. The largest absolute Gasteiger partial charge is 0.330 e. The number of hydrogen-bond donors (Lipinski definition) is 1. The van der Waals surface area contributed by atoms with Gasteiger partial charge in [0.25, 0.3) is 0 Å². The number of thiophene rings is 1. The maximum atomic E-state index is 13.1. The Hall–Kier alpha value is 0.0700. The molecule has 0 radical (unpaired) electrons. The first-order valence-corrected chi connectivity index (χ1v) is 4.99. The molecule has 1 aromatic rings. The molecule has 11 heavy (non-hydrogen) atoms. The standard InChI is InChI=1S/C7H9BrFNS/c8-7-3-5(4-11-7)6(9)1-2-10/h3-4,6H,1-2,10H2. The lowest BCUT2D eigenvalue weighted by molar-refractivity contribution is 0.328. The molecule has 0 saturated heterocycles. The van der Waals surface area contributed by atoms with E-state index >= 15 is 0 Å². The van der Waals surface area contributed by atoms with Crippen LogP contribution in [-0.4, -0.2) is 6.54 Å². The fourth-order valence-electron chi connectivity index (χ4n) is 0.801. The van der Waals surface area contributed by atoms with Crippen LogP contribution >= 0.6 is 27.3 Å². The Morgan fingerprint density at radius 2 is 2.45 bits per heavy atom. The van der Waals surface area contributed by atoms with Crippen molar-refractivity contribution < 1.29 is 4.39 Å². The van der Waals surface area contributed by atoms with Gasteiger partial charge in [-0.05, 0) is 45.9 Å². The Balaban J connectivity index is 2.60. The van der Waals surface area contributed by atoms with E-state index in [1.807, 2.05) is 5.38 Å². The zero-order valence-corrected chi connectivity index (χ0v) is 8.29. The minimum absolute atomic E-state index is 0.397. The van der Waals surface area contributed by atoms with Gasteiger partial charge < -0.3 is 5.73 Å². The highest BCUT2D eigenvalue weighted by Crippen LogP contribution is 2.28. The number of halogens is 2. The summed E-state index contributed by atoms with van der Waals surface area (Å²) in [6, 6.07) is 1.80. The molecular weight excluding hydrogens is 229 g/mol. The van der Waals surface area contributed by atoms with Crippen LogP contribution < -0.4 is 5.73 Å². The molecule has 0 saturated carbocycles. The molecular formula is C7H9BrFNS. The minimum Gasteiger partial charge on any atom is -0.330 e. The smallest absolute Gasteiger partial charge is 0.127 e. The highest BCUT2D eigenvalue weighted by molar-refractivity contribution is 9.11. The number of hydrogen-bond acceptors (Lipinski definition) is 2. The molecule has 1 nitrogen and oxygen atoms in total. The third kappa shape index (κ3) is 2.54. The van der Waals surface area contributed by atoms with Crippen LogP contribution in [0.1, 0.15) is 18.2 Å². The van der Waals surface area contributed by atoms with Crippen molar-refractivity contribution in [1.82, 2.24) is 0 Å². The summed E-state index contributed by atoms with van der Waals surface area (Å²) in [5.74, 6) is 0. The fraction of sp³-hybridized carbons (Fsp3) is 0.429. The van der Waals surface area contributed by atoms with Gasteiger partial charge in [-0.2, -0.15) is 0 Å². The summed E-state index contributed by atoms with van der Waals surface area (Å²) >= 11 is 4.77. The normalized spacial score (nSPS) is 13.4. The quantitative estimate of drug-likeness (QED) is 0.860. The van der Waals surface area contributed by atoms with Gasteiger partial charge in [0, 0.05) is 0 Å². The van der Waals surface area contributed by atoms with Gasteiger partial charge in [0.1, 0.15) is 6.17 Å². The summed E-state index contributed by atoms with van der Waals surface area (Å²) in [4.78, 5) is 0. The van der Waals surface area contributed by atoms with Crippen molar-refractivity contribution in [2.45, 2.75) is 12.6 Å². The molecule has 0 aromatic carbocycles. The molecule has 0 spiro atoms. The fourth-order valence-corrected chi connectivity index (χ4v) is 2.01. The van der Waals surface area contributed by atoms with Gasteiger partial charge in [-0.15, -0.1) is 11.3 Å². The lowest BCUT2D eigenvalue weighted by Crippen LogP contribution is -2.02. The van der Waals surface area contributed by atoms with E-state index in [-0.39, 0.29) is 0 Å². The van der Waals surface area contributed by atoms with Crippen LogP contribution in [0.25, 0.3) is 0 Å². The van der Waals surface area contributed by atoms with Crippen molar-refractivity contribution in [2.24, 2.45) is 5.73 Å². The van der Waals surface area contributed by atoms with E-state index in [1.54, 1.807) is 6.07 Å². The van der Waals surface area contributed by atoms with Gasteiger partial charge in [-0.1, -0.05) is 0 Å². The Morgan fingerprint density at radius 3 is 2.91 bits per heavy atom. The van der Waals surface area contributed by atoms with E-state index in [0.29, 0.717) is 13.0 Å².